The number of nitrogens with zero attached hydrogens (tertiary/aromatic N) is 1. The third kappa shape index (κ3) is 2.50. The first-order valence-electron chi connectivity index (χ1n) is 5.99. The number of halogens is 1. The van der Waals surface area contributed by atoms with Crippen molar-refractivity contribution in [2.45, 2.75) is 26.2 Å². The molecule has 0 spiro atoms. The predicted octanol–water partition coefficient (Wildman–Crippen LogP) is -0.216. The highest BCUT2D eigenvalue weighted by atomic mass is 35.5. The molecule has 3 heteroatoms. The molecule has 0 aromatic heterocycles. The van der Waals surface area contributed by atoms with E-state index in [0.717, 1.165) is 10.2 Å². The highest BCUT2D eigenvalue weighted by Crippen LogP contribution is 2.28. The Labute approximate surface area is 104 Å². The van der Waals surface area contributed by atoms with Crippen molar-refractivity contribution < 1.29 is 12.4 Å². The summed E-state index contributed by atoms with van der Waals surface area (Å²) < 4.78 is 1.15. The smallest absolute Gasteiger partial charge is 0.132 e. The number of hydrogen-bond donors (Lipinski definition) is 1. The maximum atomic E-state index is 5.73. The van der Waals surface area contributed by atoms with E-state index < -0.39 is 0 Å². The van der Waals surface area contributed by atoms with Gasteiger partial charge in [-0.15, -0.1) is 0 Å². The molecule has 1 aliphatic rings. The number of benzene rings is 1. The third-order valence-corrected chi connectivity index (χ3v) is 3.72. The van der Waals surface area contributed by atoms with Crippen LogP contribution in [0.4, 0.5) is 11.4 Å². The standard InChI is InChI=1S/C13H21N2.ClH/c1-2-15(10-4-3-5-11-15)13-8-6-12(14)7-9-13;/h6-9H,2-5,10-11,14H2,1H3;1H/q+1;/p-1. The van der Waals surface area contributed by atoms with Gasteiger partial charge >= 0.3 is 0 Å². The minimum atomic E-state index is 0. The van der Waals surface area contributed by atoms with Gasteiger partial charge in [-0.05, 0) is 38.3 Å². The van der Waals surface area contributed by atoms with Crippen molar-refractivity contribution in [3.8, 4) is 0 Å². The minimum absolute atomic E-state index is 0. The summed E-state index contributed by atoms with van der Waals surface area (Å²) in [5.74, 6) is 0. The van der Waals surface area contributed by atoms with Crippen molar-refractivity contribution in [3.63, 3.8) is 0 Å². The second kappa shape index (κ2) is 5.55. The molecular weight excluding hydrogens is 220 g/mol. The van der Waals surface area contributed by atoms with Crippen molar-refractivity contribution in [1.29, 1.82) is 0 Å². The predicted molar refractivity (Wildman–Crippen MR) is 66.8 cm³/mol. The molecule has 1 heterocycles. The molecule has 1 aromatic rings. The van der Waals surface area contributed by atoms with Gasteiger partial charge in [-0.3, -0.25) is 4.48 Å². The van der Waals surface area contributed by atoms with Gasteiger partial charge in [0.15, 0.2) is 0 Å². The molecule has 90 valence electrons. The Morgan fingerprint density at radius 2 is 1.62 bits per heavy atom. The van der Waals surface area contributed by atoms with Gasteiger partial charge in [-0.1, -0.05) is 0 Å². The van der Waals surface area contributed by atoms with Crippen LogP contribution in [-0.2, 0) is 0 Å². The maximum Gasteiger partial charge on any atom is 0.132 e. The van der Waals surface area contributed by atoms with Crippen LogP contribution in [0.1, 0.15) is 26.2 Å². The van der Waals surface area contributed by atoms with Crippen LogP contribution in [-0.4, -0.2) is 19.6 Å². The van der Waals surface area contributed by atoms with Gasteiger partial charge in [0.05, 0.1) is 19.6 Å². The summed E-state index contributed by atoms with van der Waals surface area (Å²) in [5, 5.41) is 0. The minimum Gasteiger partial charge on any atom is -1.00 e. The summed E-state index contributed by atoms with van der Waals surface area (Å²) in [6, 6.07) is 8.45. The number of anilines is 1. The van der Waals surface area contributed by atoms with Crippen molar-refractivity contribution in [3.05, 3.63) is 24.3 Å². The molecule has 0 atom stereocenters. The number of likely N-dealkylation sites (tertiary alicyclic amines) is 1. The van der Waals surface area contributed by atoms with Crippen LogP contribution in [0.3, 0.4) is 0 Å². The molecule has 1 fully saturated rings. The van der Waals surface area contributed by atoms with Crippen LogP contribution >= 0.6 is 0 Å². The lowest BCUT2D eigenvalue weighted by Crippen LogP contribution is -3.00. The normalized spacial score (nSPS) is 18.8. The number of piperidine rings is 1. The van der Waals surface area contributed by atoms with Crippen LogP contribution < -0.4 is 22.6 Å². The molecule has 0 aliphatic carbocycles. The summed E-state index contributed by atoms with van der Waals surface area (Å²) in [7, 11) is 0. The van der Waals surface area contributed by atoms with Gasteiger partial charge in [0, 0.05) is 17.8 Å². The Hall–Kier alpha value is -0.730. The van der Waals surface area contributed by atoms with Crippen molar-refractivity contribution in [2.75, 3.05) is 25.4 Å². The molecule has 0 unspecified atom stereocenters. The summed E-state index contributed by atoms with van der Waals surface area (Å²) in [6.07, 6.45) is 4.12. The van der Waals surface area contributed by atoms with E-state index in [0.29, 0.717) is 0 Å². The molecule has 2 nitrogen and oxygen atoms in total. The zero-order chi connectivity index (χ0) is 10.7. The fourth-order valence-electron chi connectivity index (χ4n) is 2.67. The van der Waals surface area contributed by atoms with Crippen LogP contribution in [0, 0.1) is 0 Å². The SMILES string of the molecule is CC[N+]1(c2ccc(N)cc2)CCCCC1.[Cl-]. The van der Waals surface area contributed by atoms with Crippen molar-refractivity contribution in [2.24, 2.45) is 0 Å². The summed E-state index contributed by atoms with van der Waals surface area (Å²) >= 11 is 0. The van der Waals surface area contributed by atoms with Crippen molar-refractivity contribution in [1.82, 2.24) is 4.48 Å². The zero-order valence-corrected chi connectivity index (χ0v) is 10.7. The largest absolute Gasteiger partial charge is 1.00 e. The number of hydrogen-bond acceptors (Lipinski definition) is 1. The van der Waals surface area contributed by atoms with E-state index in [4.69, 9.17) is 5.73 Å². The second-order valence-electron chi connectivity index (χ2n) is 4.56. The molecule has 1 aliphatic heterocycles. The molecule has 0 bridgehead atoms. The van der Waals surface area contributed by atoms with Crippen LogP contribution in [0.15, 0.2) is 24.3 Å². The quantitative estimate of drug-likeness (QED) is 0.562. The first-order chi connectivity index (χ1) is 7.27. The number of rotatable bonds is 2. The van der Waals surface area contributed by atoms with E-state index in [1.54, 1.807) is 0 Å². The zero-order valence-electron chi connectivity index (χ0n) is 9.95. The van der Waals surface area contributed by atoms with E-state index in [-0.39, 0.29) is 12.4 Å². The first kappa shape index (κ1) is 13.3. The topological polar surface area (TPSA) is 26.0 Å². The van der Waals surface area contributed by atoms with Gasteiger partial charge in [-0.2, -0.15) is 0 Å². The summed E-state index contributed by atoms with van der Waals surface area (Å²) in [4.78, 5) is 0. The van der Waals surface area contributed by atoms with E-state index in [9.17, 15) is 0 Å². The molecule has 1 saturated heterocycles. The highest BCUT2D eigenvalue weighted by molar-refractivity contribution is 5.51. The Bertz CT molecular complexity index is 315. The molecule has 0 saturated carbocycles. The molecule has 2 N–H and O–H groups in total. The van der Waals surface area contributed by atoms with E-state index in [1.807, 2.05) is 12.1 Å². The summed E-state index contributed by atoms with van der Waals surface area (Å²) in [5.41, 5.74) is 8.04. The monoisotopic (exact) mass is 240 g/mol. The maximum absolute atomic E-state index is 5.73. The number of nitrogen functional groups attached to an aromatic ring is 1. The van der Waals surface area contributed by atoms with Crippen LogP contribution in [0.25, 0.3) is 0 Å². The average molecular weight is 241 g/mol. The molecule has 1 aromatic carbocycles. The lowest BCUT2D eigenvalue weighted by molar-refractivity contribution is -0.00000319. The first-order valence-corrected chi connectivity index (χ1v) is 5.99. The molecule has 0 amide bonds. The van der Waals surface area contributed by atoms with Gasteiger partial charge in [-0.25, -0.2) is 0 Å². The fourth-order valence-corrected chi connectivity index (χ4v) is 2.67. The van der Waals surface area contributed by atoms with E-state index in [1.165, 1.54) is 44.6 Å². The van der Waals surface area contributed by atoms with Gasteiger partial charge in [0.2, 0.25) is 0 Å². The fraction of sp³-hybridized carbons (Fsp3) is 0.538. The third-order valence-electron chi connectivity index (χ3n) is 3.72. The lowest BCUT2D eigenvalue weighted by Gasteiger charge is -2.40. The Balaban J connectivity index is 0.00000128. The molecular formula is C13H21ClN2. The van der Waals surface area contributed by atoms with Gasteiger partial charge in [0.25, 0.3) is 0 Å². The van der Waals surface area contributed by atoms with E-state index >= 15 is 0 Å². The van der Waals surface area contributed by atoms with Gasteiger partial charge < -0.3 is 18.1 Å². The number of nitrogens with two attached hydrogens (primary N) is 1. The van der Waals surface area contributed by atoms with Crippen LogP contribution in [0.2, 0.25) is 0 Å². The average Bonchev–Trinajstić information content (AvgIpc) is 2.31. The van der Waals surface area contributed by atoms with Gasteiger partial charge in [0.1, 0.15) is 5.69 Å². The lowest BCUT2D eigenvalue weighted by atomic mass is 10.1. The second-order valence-corrected chi connectivity index (χ2v) is 4.56. The Kier molecular flexibility index (Phi) is 4.63. The van der Waals surface area contributed by atoms with Crippen molar-refractivity contribution >= 4 is 11.4 Å². The molecule has 2 rings (SSSR count). The van der Waals surface area contributed by atoms with Crippen LogP contribution in [0.5, 0.6) is 0 Å². The molecule has 0 radical (unpaired) electrons. The highest BCUT2D eigenvalue weighted by Gasteiger charge is 2.30. The number of quaternary nitrogens is 1. The molecule has 16 heavy (non-hydrogen) atoms. The summed E-state index contributed by atoms with van der Waals surface area (Å²) in [6.45, 7) is 6.08. The Morgan fingerprint density at radius 1 is 1.06 bits per heavy atom. The Morgan fingerprint density at radius 3 is 2.12 bits per heavy atom. The van der Waals surface area contributed by atoms with E-state index in [2.05, 4.69) is 19.1 Å².